The van der Waals surface area contributed by atoms with Gasteiger partial charge in [-0.05, 0) is 12.1 Å². The van der Waals surface area contributed by atoms with Gasteiger partial charge >= 0.3 is 0 Å². The summed E-state index contributed by atoms with van der Waals surface area (Å²) in [6, 6.07) is 5.52. The number of hydrogen-bond acceptors (Lipinski definition) is 1. The Morgan fingerprint density at radius 1 is 0.938 bits per heavy atom. The molecule has 1 heterocycles. The molecule has 5 heteroatoms. The normalized spacial score (nSPS) is 10.5. The second-order valence-electron chi connectivity index (χ2n) is 2.97. The zero-order chi connectivity index (χ0) is 11.7. The van der Waals surface area contributed by atoms with Crippen LogP contribution in [0.2, 0.25) is 0 Å². The first-order valence-electron chi connectivity index (χ1n) is 4.28. The summed E-state index contributed by atoms with van der Waals surface area (Å²) in [6.07, 6.45) is 1.26. The average Bonchev–Trinajstić information content (AvgIpc) is 2.28. The van der Waals surface area contributed by atoms with E-state index in [0.717, 1.165) is 0 Å². The molecule has 0 saturated heterocycles. The minimum absolute atomic E-state index is 0.177. The molecular formula is C11H4F4N. The Kier molecular flexibility index (Phi) is 2.60. The maximum atomic E-state index is 13.3. The molecule has 81 valence electrons. The standard InChI is InChI=1S/C11H4F4N/c12-6-5-7(13)11(15)9(10(6)14)8-3-1-2-4-16-8/h1-4H. The highest BCUT2D eigenvalue weighted by Gasteiger charge is 2.21. The summed E-state index contributed by atoms with van der Waals surface area (Å²) in [5, 5.41) is 0. The molecule has 0 aliphatic carbocycles. The zero-order valence-electron chi connectivity index (χ0n) is 7.77. The van der Waals surface area contributed by atoms with Crippen molar-refractivity contribution in [1.29, 1.82) is 0 Å². The lowest BCUT2D eigenvalue weighted by atomic mass is 10.1. The lowest BCUT2D eigenvalue weighted by molar-refractivity contribution is 0.455. The van der Waals surface area contributed by atoms with Gasteiger partial charge in [-0.2, -0.15) is 0 Å². The molecule has 0 atom stereocenters. The van der Waals surface area contributed by atoms with Gasteiger partial charge in [0.05, 0.1) is 17.3 Å². The van der Waals surface area contributed by atoms with E-state index in [4.69, 9.17) is 0 Å². The van der Waals surface area contributed by atoms with Crippen molar-refractivity contribution in [2.75, 3.05) is 0 Å². The molecular weight excluding hydrogens is 222 g/mol. The summed E-state index contributed by atoms with van der Waals surface area (Å²) in [5.74, 6) is -6.14. The predicted molar refractivity (Wildman–Crippen MR) is 48.3 cm³/mol. The van der Waals surface area contributed by atoms with Crippen LogP contribution in [0.15, 0.2) is 24.4 Å². The van der Waals surface area contributed by atoms with Gasteiger partial charge in [-0.1, -0.05) is 6.07 Å². The van der Waals surface area contributed by atoms with Crippen molar-refractivity contribution in [3.8, 4) is 11.3 Å². The Hall–Kier alpha value is -1.91. The van der Waals surface area contributed by atoms with Gasteiger partial charge in [-0.25, -0.2) is 17.6 Å². The van der Waals surface area contributed by atoms with E-state index in [1.807, 2.05) is 0 Å². The van der Waals surface area contributed by atoms with E-state index in [1.54, 1.807) is 0 Å². The molecule has 0 fully saturated rings. The van der Waals surface area contributed by atoms with Crippen LogP contribution < -0.4 is 0 Å². The number of benzene rings is 1. The molecule has 0 bridgehead atoms. The molecule has 2 aromatic rings. The molecule has 0 saturated carbocycles. The fraction of sp³-hybridized carbons (Fsp3) is 0. The van der Waals surface area contributed by atoms with Crippen molar-refractivity contribution in [2.45, 2.75) is 0 Å². The molecule has 16 heavy (non-hydrogen) atoms. The Morgan fingerprint density at radius 3 is 2.06 bits per heavy atom. The third kappa shape index (κ3) is 1.64. The highest BCUT2D eigenvalue weighted by atomic mass is 19.2. The number of hydrogen-bond donors (Lipinski definition) is 0. The molecule has 0 spiro atoms. The topological polar surface area (TPSA) is 12.9 Å². The van der Waals surface area contributed by atoms with Crippen molar-refractivity contribution < 1.29 is 17.6 Å². The van der Waals surface area contributed by atoms with Crippen molar-refractivity contribution in [3.63, 3.8) is 0 Å². The van der Waals surface area contributed by atoms with Crippen molar-refractivity contribution in [3.05, 3.63) is 53.7 Å². The molecule has 1 aromatic carbocycles. The second-order valence-corrected chi connectivity index (χ2v) is 2.97. The molecule has 1 aromatic heterocycles. The summed E-state index contributed by atoms with van der Waals surface area (Å²) >= 11 is 0. The van der Waals surface area contributed by atoms with Crippen LogP contribution in [0, 0.1) is 29.3 Å². The number of nitrogens with zero attached hydrogens (tertiary/aromatic N) is 1. The molecule has 0 N–H and O–H groups in total. The first-order chi connectivity index (χ1) is 7.61. The monoisotopic (exact) mass is 226 g/mol. The van der Waals surface area contributed by atoms with Crippen LogP contribution in [-0.2, 0) is 0 Å². The van der Waals surface area contributed by atoms with E-state index in [-0.39, 0.29) is 5.69 Å². The SMILES string of the molecule is Fc1[c]c(F)c(F)c(-c2ccccn2)c1F. The highest BCUT2D eigenvalue weighted by Crippen LogP contribution is 2.27. The molecule has 0 aliphatic heterocycles. The van der Waals surface area contributed by atoms with Gasteiger partial charge in [-0.3, -0.25) is 4.98 Å². The van der Waals surface area contributed by atoms with Crippen molar-refractivity contribution >= 4 is 0 Å². The van der Waals surface area contributed by atoms with Gasteiger partial charge in [0.2, 0.25) is 0 Å². The third-order valence-corrected chi connectivity index (χ3v) is 1.96. The second kappa shape index (κ2) is 3.92. The van der Waals surface area contributed by atoms with Crippen LogP contribution >= 0.6 is 0 Å². The van der Waals surface area contributed by atoms with Gasteiger partial charge in [0.25, 0.3) is 0 Å². The summed E-state index contributed by atoms with van der Waals surface area (Å²) in [4.78, 5) is 3.63. The Bertz CT molecular complexity index is 499. The largest absolute Gasteiger partial charge is 0.256 e. The van der Waals surface area contributed by atoms with Gasteiger partial charge in [-0.15, -0.1) is 0 Å². The lowest BCUT2D eigenvalue weighted by Crippen LogP contribution is -2.00. The van der Waals surface area contributed by atoms with Crippen LogP contribution in [0.5, 0.6) is 0 Å². The summed E-state index contributed by atoms with van der Waals surface area (Å²) in [7, 11) is 0. The van der Waals surface area contributed by atoms with Crippen LogP contribution in [0.3, 0.4) is 0 Å². The van der Waals surface area contributed by atoms with E-state index in [9.17, 15) is 17.6 Å². The maximum absolute atomic E-state index is 13.3. The maximum Gasteiger partial charge on any atom is 0.172 e. The number of aromatic nitrogens is 1. The van der Waals surface area contributed by atoms with Crippen molar-refractivity contribution in [2.24, 2.45) is 0 Å². The summed E-state index contributed by atoms with van der Waals surface area (Å²) in [5.41, 5.74) is -1.00. The molecule has 1 radical (unpaired) electrons. The van der Waals surface area contributed by atoms with E-state index < -0.39 is 28.8 Å². The quantitative estimate of drug-likeness (QED) is 0.537. The van der Waals surface area contributed by atoms with E-state index in [2.05, 4.69) is 4.98 Å². The van der Waals surface area contributed by atoms with Gasteiger partial charge in [0.1, 0.15) is 0 Å². The molecule has 1 nitrogen and oxygen atoms in total. The zero-order valence-corrected chi connectivity index (χ0v) is 7.77. The fourth-order valence-electron chi connectivity index (χ4n) is 1.26. The molecule has 2 rings (SSSR count). The molecule has 0 unspecified atom stereocenters. The molecule has 0 amide bonds. The van der Waals surface area contributed by atoms with Crippen LogP contribution in [0.25, 0.3) is 11.3 Å². The van der Waals surface area contributed by atoms with Gasteiger partial charge in [0.15, 0.2) is 23.3 Å². The number of pyridine rings is 1. The number of rotatable bonds is 1. The third-order valence-electron chi connectivity index (χ3n) is 1.96. The van der Waals surface area contributed by atoms with Crippen LogP contribution in [0.4, 0.5) is 17.6 Å². The number of halogens is 4. The van der Waals surface area contributed by atoms with Crippen LogP contribution in [0.1, 0.15) is 0 Å². The summed E-state index contributed by atoms with van der Waals surface area (Å²) in [6.45, 7) is 0. The van der Waals surface area contributed by atoms with Gasteiger partial charge < -0.3 is 0 Å². The van der Waals surface area contributed by atoms with E-state index in [1.165, 1.54) is 30.5 Å². The summed E-state index contributed by atoms with van der Waals surface area (Å²) < 4.78 is 52.2. The Balaban J connectivity index is 2.74. The minimum Gasteiger partial charge on any atom is -0.256 e. The lowest BCUT2D eigenvalue weighted by Gasteiger charge is -2.05. The minimum atomic E-state index is -1.57. The fourth-order valence-corrected chi connectivity index (χ4v) is 1.26. The Labute approximate surface area is 88.4 Å². The first-order valence-corrected chi connectivity index (χ1v) is 4.28. The van der Waals surface area contributed by atoms with Crippen molar-refractivity contribution in [1.82, 2.24) is 4.98 Å². The predicted octanol–water partition coefficient (Wildman–Crippen LogP) is 3.11. The van der Waals surface area contributed by atoms with Gasteiger partial charge in [0, 0.05) is 6.20 Å². The highest BCUT2D eigenvalue weighted by molar-refractivity contribution is 5.60. The Morgan fingerprint density at radius 2 is 1.56 bits per heavy atom. The smallest absolute Gasteiger partial charge is 0.172 e. The van der Waals surface area contributed by atoms with E-state index in [0.29, 0.717) is 0 Å². The van der Waals surface area contributed by atoms with E-state index >= 15 is 0 Å². The van der Waals surface area contributed by atoms with Crippen LogP contribution in [-0.4, -0.2) is 4.98 Å². The average molecular weight is 226 g/mol. The molecule has 0 aliphatic rings. The first kappa shape index (κ1) is 10.6.